The van der Waals surface area contributed by atoms with Crippen molar-refractivity contribution in [2.75, 3.05) is 26.3 Å². The molecule has 0 aromatic heterocycles. The molecule has 2 aromatic rings. The quantitative estimate of drug-likeness (QED) is 0.853. The lowest BCUT2D eigenvalue weighted by atomic mass is 9.98. The average molecular weight is 323 g/mol. The van der Waals surface area contributed by atoms with E-state index >= 15 is 0 Å². The van der Waals surface area contributed by atoms with Gasteiger partial charge in [0, 0.05) is 19.5 Å². The van der Waals surface area contributed by atoms with Crippen LogP contribution in [0.2, 0.25) is 0 Å². The number of nitrogens with zero attached hydrogens (tertiary/aromatic N) is 1. The Morgan fingerprint density at radius 2 is 1.67 bits per heavy atom. The number of benzene rings is 2. The van der Waals surface area contributed by atoms with Gasteiger partial charge in [0.1, 0.15) is 0 Å². The molecule has 0 N–H and O–H groups in total. The number of hydrogen-bond donors (Lipinski definition) is 0. The number of hydrogen-bond acceptors (Lipinski definition) is 3. The highest BCUT2D eigenvalue weighted by molar-refractivity contribution is 5.48. The smallest absolute Gasteiger partial charge is 0.161 e. The predicted octanol–water partition coefficient (Wildman–Crippen LogP) is 3.84. The van der Waals surface area contributed by atoms with E-state index in [1.54, 1.807) is 0 Å². The topological polar surface area (TPSA) is 21.7 Å². The normalized spacial score (nSPS) is 17.2. The minimum absolute atomic E-state index is 0.757. The van der Waals surface area contributed by atoms with Crippen LogP contribution in [0.4, 0.5) is 0 Å². The van der Waals surface area contributed by atoms with Crippen molar-refractivity contribution in [1.29, 1.82) is 0 Å². The fourth-order valence-corrected chi connectivity index (χ4v) is 3.61. The van der Waals surface area contributed by atoms with Crippen LogP contribution in [-0.4, -0.2) is 31.2 Å². The fraction of sp³-hybridized carbons (Fsp3) is 0.429. The second kappa shape index (κ2) is 7.27. The molecule has 2 aliphatic heterocycles. The minimum atomic E-state index is 0.757. The summed E-state index contributed by atoms with van der Waals surface area (Å²) in [6.45, 7) is 4.84. The maximum Gasteiger partial charge on any atom is 0.161 e. The van der Waals surface area contributed by atoms with E-state index in [9.17, 15) is 0 Å². The summed E-state index contributed by atoms with van der Waals surface area (Å²) in [5.41, 5.74) is 4.27. The standard InChI is InChI=1S/C21H25NO2/c1-2-6-17(7-3-1)8-4-10-22-11-9-18-14-20-21(15-19(18)16-22)24-13-5-12-23-20/h1-3,6-7,14-15H,4-5,8-13,16H2. The lowest BCUT2D eigenvalue weighted by molar-refractivity contribution is 0.249. The van der Waals surface area contributed by atoms with Crippen LogP contribution in [0.15, 0.2) is 42.5 Å². The second-order valence-electron chi connectivity index (χ2n) is 6.73. The largest absolute Gasteiger partial charge is 0.490 e. The monoisotopic (exact) mass is 323 g/mol. The molecule has 2 aliphatic rings. The van der Waals surface area contributed by atoms with Gasteiger partial charge in [-0.2, -0.15) is 0 Å². The van der Waals surface area contributed by atoms with Crippen molar-refractivity contribution in [1.82, 2.24) is 4.90 Å². The minimum Gasteiger partial charge on any atom is -0.490 e. The van der Waals surface area contributed by atoms with E-state index in [0.29, 0.717) is 0 Å². The summed E-state index contributed by atoms with van der Waals surface area (Å²) in [5, 5.41) is 0. The Kier molecular flexibility index (Phi) is 4.70. The molecule has 2 heterocycles. The third kappa shape index (κ3) is 3.57. The summed E-state index contributed by atoms with van der Waals surface area (Å²) in [7, 11) is 0. The van der Waals surface area contributed by atoms with Gasteiger partial charge in [-0.05, 0) is 54.6 Å². The number of fused-ring (bicyclic) bond motifs is 2. The van der Waals surface area contributed by atoms with Gasteiger partial charge in [-0.25, -0.2) is 0 Å². The van der Waals surface area contributed by atoms with E-state index in [1.807, 2.05) is 0 Å². The summed E-state index contributed by atoms with van der Waals surface area (Å²) in [5.74, 6) is 1.86. The second-order valence-corrected chi connectivity index (χ2v) is 6.73. The van der Waals surface area contributed by atoms with Crippen LogP contribution >= 0.6 is 0 Å². The van der Waals surface area contributed by atoms with Crippen molar-refractivity contribution >= 4 is 0 Å². The third-order valence-corrected chi connectivity index (χ3v) is 4.94. The van der Waals surface area contributed by atoms with Gasteiger partial charge in [0.15, 0.2) is 11.5 Å². The first kappa shape index (κ1) is 15.5. The van der Waals surface area contributed by atoms with Crippen LogP contribution in [0.1, 0.15) is 29.5 Å². The third-order valence-electron chi connectivity index (χ3n) is 4.94. The first-order valence-corrected chi connectivity index (χ1v) is 9.06. The molecule has 4 rings (SSSR count). The summed E-state index contributed by atoms with van der Waals surface area (Å²) in [6, 6.07) is 15.2. The molecule has 0 spiro atoms. The maximum atomic E-state index is 5.85. The first-order chi connectivity index (χ1) is 11.9. The molecule has 0 saturated carbocycles. The van der Waals surface area contributed by atoms with Crippen molar-refractivity contribution in [3.05, 3.63) is 59.2 Å². The summed E-state index contributed by atoms with van der Waals surface area (Å²) < 4.78 is 11.7. The molecule has 0 bridgehead atoms. The zero-order chi connectivity index (χ0) is 16.2. The van der Waals surface area contributed by atoms with Gasteiger partial charge in [0.05, 0.1) is 13.2 Å². The highest BCUT2D eigenvalue weighted by Gasteiger charge is 2.20. The van der Waals surface area contributed by atoms with Gasteiger partial charge in [0.2, 0.25) is 0 Å². The van der Waals surface area contributed by atoms with E-state index in [2.05, 4.69) is 47.4 Å². The highest BCUT2D eigenvalue weighted by atomic mass is 16.5. The molecule has 0 fully saturated rings. The molecule has 2 aromatic carbocycles. The Hall–Kier alpha value is -2.00. The molecule has 0 atom stereocenters. The van der Waals surface area contributed by atoms with Crippen LogP contribution in [-0.2, 0) is 19.4 Å². The molecular formula is C21H25NO2. The van der Waals surface area contributed by atoms with E-state index in [0.717, 1.165) is 63.6 Å². The van der Waals surface area contributed by atoms with Gasteiger partial charge in [-0.1, -0.05) is 30.3 Å². The summed E-state index contributed by atoms with van der Waals surface area (Å²) in [4.78, 5) is 2.56. The van der Waals surface area contributed by atoms with E-state index in [-0.39, 0.29) is 0 Å². The van der Waals surface area contributed by atoms with Gasteiger partial charge in [0.25, 0.3) is 0 Å². The molecule has 0 radical (unpaired) electrons. The zero-order valence-corrected chi connectivity index (χ0v) is 14.2. The molecular weight excluding hydrogens is 298 g/mol. The highest BCUT2D eigenvalue weighted by Crippen LogP contribution is 2.35. The number of rotatable bonds is 4. The van der Waals surface area contributed by atoms with Crippen LogP contribution < -0.4 is 9.47 Å². The molecule has 3 heteroatoms. The Balaban J connectivity index is 1.37. The van der Waals surface area contributed by atoms with Gasteiger partial charge < -0.3 is 9.47 Å². The zero-order valence-electron chi connectivity index (χ0n) is 14.2. The first-order valence-electron chi connectivity index (χ1n) is 9.06. The SMILES string of the molecule is c1ccc(CCCN2CCc3cc4c(cc3C2)OCCCO4)cc1. The van der Waals surface area contributed by atoms with Crippen molar-refractivity contribution in [2.24, 2.45) is 0 Å². The van der Waals surface area contributed by atoms with E-state index in [1.165, 1.54) is 23.1 Å². The molecule has 0 unspecified atom stereocenters. The summed E-state index contributed by atoms with van der Waals surface area (Å²) in [6.07, 6.45) is 4.44. The Morgan fingerprint density at radius 1 is 0.917 bits per heavy atom. The van der Waals surface area contributed by atoms with Crippen molar-refractivity contribution in [2.45, 2.75) is 32.2 Å². The average Bonchev–Trinajstić information content (AvgIpc) is 2.85. The Labute approximate surface area is 144 Å². The lowest BCUT2D eigenvalue weighted by Gasteiger charge is -2.29. The van der Waals surface area contributed by atoms with Crippen LogP contribution in [0.25, 0.3) is 0 Å². The predicted molar refractivity (Wildman–Crippen MR) is 95.8 cm³/mol. The lowest BCUT2D eigenvalue weighted by Crippen LogP contribution is -2.31. The van der Waals surface area contributed by atoms with E-state index in [4.69, 9.17) is 9.47 Å². The Bertz CT molecular complexity index is 684. The molecule has 0 saturated heterocycles. The van der Waals surface area contributed by atoms with Gasteiger partial charge in [-0.3, -0.25) is 4.90 Å². The number of aryl methyl sites for hydroxylation is 1. The molecule has 3 nitrogen and oxygen atoms in total. The molecule has 0 aliphatic carbocycles. The number of ether oxygens (including phenoxy) is 2. The van der Waals surface area contributed by atoms with Crippen LogP contribution in [0.3, 0.4) is 0 Å². The molecule has 126 valence electrons. The maximum absolute atomic E-state index is 5.85. The van der Waals surface area contributed by atoms with Gasteiger partial charge in [-0.15, -0.1) is 0 Å². The van der Waals surface area contributed by atoms with Crippen molar-refractivity contribution in [3.63, 3.8) is 0 Å². The fourth-order valence-electron chi connectivity index (χ4n) is 3.61. The molecule has 24 heavy (non-hydrogen) atoms. The van der Waals surface area contributed by atoms with Crippen molar-refractivity contribution < 1.29 is 9.47 Å². The van der Waals surface area contributed by atoms with Crippen LogP contribution in [0, 0.1) is 0 Å². The Morgan fingerprint density at radius 3 is 2.46 bits per heavy atom. The van der Waals surface area contributed by atoms with E-state index < -0.39 is 0 Å². The molecule has 0 amide bonds. The van der Waals surface area contributed by atoms with Crippen LogP contribution in [0.5, 0.6) is 11.5 Å². The van der Waals surface area contributed by atoms with Gasteiger partial charge >= 0.3 is 0 Å². The summed E-state index contributed by atoms with van der Waals surface area (Å²) >= 11 is 0. The van der Waals surface area contributed by atoms with Crippen molar-refractivity contribution in [3.8, 4) is 11.5 Å².